The topological polar surface area (TPSA) is 94.8 Å². The molecule has 0 unspecified atom stereocenters. The smallest absolute Gasteiger partial charge is 0.190 e. The lowest BCUT2D eigenvalue weighted by atomic mass is 9.38. The van der Waals surface area contributed by atoms with Crippen LogP contribution in [0.15, 0.2) is 23.8 Å². The molecule has 4 aliphatic rings. The Balaban J connectivity index is 1.87. The fraction of sp³-hybridized carbons (Fsp3) is 0.750. The van der Waals surface area contributed by atoms with Crippen LogP contribution in [-0.2, 0) is 9.59 Å². The number of carbonyl (C=O) groups is 2. The second-order valence-electron chi connectivity index (χ2n) is 10.8. The van der Waals surface area contributed by atoms with Gasteiger partial charge in [0.15, 0.2) is 11.6 Å². The van der Waals surface area contributed by atoms with Crippen LogP contribution in [0.1, 0.15) is 53.9 Å². The fourth-order valence-electron chi connectivity index (χ4n) is 8.05. The number of allylic oxidation sites excluding steroid dienone is 4. The Labute approximate surface area is 172 Å². The predicted octanol–water partition coefficient (Wildman–Crippen LogP) is 2.44. The summed E-state index contributed by atoms with van der Waals surface area (Å²) < 4.78 is 0. The minimum atomic E-state index is -1.63. The minimum absolute atomic E-state index is 0.00100. The van der Waals surface area contributed by atoms with Crippen molar-refractivity contribution in [1.82, 2.24) is 0 Å². The number of aliphatic hydroxyl groups excluding tert-OH is 2. The van der Waals surface area contributed by atoms with Gasteiger partial charge in [0.1, 0.15) is 12.2 Å². The van der Waals surface area contributed by atoms with Crippen LogP contribution in [0.2, 0.25) is 0 Å². The molecule has 3 fully saturated rings. The Morgan fingerprint density at radius 2 is 1.83 bits per heavy atom. The summed E-state index contributed by atoms with van der Waals surface area (Å²) in [6.07, 6.45) is 6.40. The molecule has 0 amide bonds. The average molecular weight is 403 g/mol. The van der Waals surface area contributed by atoms with Gasteiger partial charge in [0.05, 0.1) is 6.10 Å². The highest BCUT2D eigenvalue weighted by atomic mass is 16.3. The molecular weight excluding hydrogens is 368 g/mol. The molecule has 4 aliphatic carbocycles. The molecule has 9 atom stereocenters. The summed E-state index contributed by atoms with van der Waals surface area (Å²) in [5.74, 6) is -0.495. The van der Waals surface area contributed by atoms with Crippen molar-refractivity contribution in [1.29, 1.82) is 0 Å². The zero-order valence-corrected chi connectivity index (χ0v) is 18.1. The van der Waals surface area contributed by atoms with Crippen LogP contribution >= 0.6 is 0 Å². The van der Waals surface area contributed by atoms with Gasteiger partial charge in [-0.25, -0.2) is 0 Å². The molecule has 29 heavy (non-hydrogen) atoms. The second kappa shape index (κ2) is 6.12. The summed E-state index contributed by atoms with van der Waals surface area (Å²) in [5.41, 5.74) is -2.29. The van der Waals surface area contributed by atoms with E-state index in [4.69, 9.17) is 0 Å². The van der Waals surface area contributed by atoms with Gasteiger partial charge >= 0.3 is 0 Å². The van der Waals surface area contributed by atoms with Crippen molar-refractivity contribution >= 4 is 11.6 Å². The van der Waals surface area contributed by atoms with Crippen molar-refractivity contribution in [2.45, 2.75) is 65.6 Å². The largest absolute Gasteiger partial charge is 0.392 e. The summed E-state index contributed by atoms with van der Waals surface area (Å²) in [7, 11) is 0. The fourth-order valence-corrected chi connectivity index (χ4v) is 8.05. The van der Waals surface area contributed by atoms with Crippen molar-refractivity contribution in [3.63, 3.8) is 0 Å². The Bertz CT molecular complexity index is 829. The van der Waals surface area contributed by atoms with Gasteiger partial charge in [-0.15, -0.1) is 0 Å². The van der Waals surface area contributed by atoms with Gasteiger partial charge in [-0.2, -0.15) is 0 Å². The summed E-state index contributed by atoms with van der Waals surface area (Å²) >= 11 is 0. The SMILES string of the molecule is C[C@@H]1C[C@H]2[C@@H]3C[C@H](C)C4=CC(=O)C=C[C@]4(C)[C@@]3(C)[C@@H](O)C[C@]2(C)[C@@]1(O)C(=O)CO. The van der Waals surface area contributed by atoms with E-state index < -0.39 is 40.3 Å². The number of carbonyl (C=O) groups excluding carboxylic acids is 2. The first-order valence-electron chi connectivity index (χ1n) is 10.9. The Morgan fingerprint density at radius 1 is 1.17 bits per heavy atom. The molecule has 0 aromatic heterocycles. The maximum atomic E-state index is 12.7. The number of hydrogen-bond acceptors (Lipinski definition) is 5. The van der Waals surface area contributed by atoms with E-state index in [0.717, 1.165) is 12.0 Å². The monoisotopic (exact) mass is 402 g/mol. The van der Waals surface area contributed by atoms with Crippen LogP contribution in [0.3, 0.4) is 0 Å². The van der Waals surface area contributed by atoms with E-state index >= 15 is 0 Å². The van der Waals surface area contributed by atoms with Crippen molar-refractivity contribution in [3.8, 4) is 0 Å². The molecule has 0 radical (unpaired) electrons. The Kier molecular flexibility index (Phi) is 4.42. The van der Waals surface area contributed by atoms with Crippen LogP contribution in [0.25, 0.3) is 0 Å². The highest BCUT2D eigenvalue weighted by molar-refractivity contribution is 6.01. The lowest BCUT2D eigenvalue weighted by Crippen LogP contribution is -2.67. The average Bonchev–Trinajstić information content (AvgIpc) is 2.86. The summed E-state index contributed by atoms with van der Waals surface area (Å²) in [6.45, 7) is 9.51. The first-order chi connectivity index (χ1) is 13.4. The third kappa shape index (κ3) is 2.22. The normalized spacial score (nSPS) is 53.7. The van der Waals surface area contributed by atoms with Gasteiger partial charge in [0.25, 0.3) is 0 Å². The van der Waals surface area contributed by atoms with Gasteiger partial charge in [0.2, 0.25) is 0 Å². The van der Waals surface area contributed by atoms with E-state index in [-0.39, 0.29) is 29.5 Å². The Hall–Kier alpha value is -1.30. The molecule has 0 spiro atoms. The lowest BCUT2D eigenvalue weighted by molar-refractivity contribution is -0.212. The van der Waals surface area contributed by atoms with Crippen LogP contribution in [0, 0.1) is 39.9 Å². The molecule has 0 saturated heterocycles. The third-order valence-corrected chi connectivity index (χ3v) is 9.88. The number of aliphatic hydroxyl groups is 3. The predicted molar refractivity (Wildman–Crippen MR) is 109 cm³/mol. The molecule has 3 saturated carbocycles. The standard InChI is InChI=1S/C24H34O5/c1-13-8-18-17-9-14(2)24(29,20(28)12-25)22(17,4)11-19(27)23(18,5)21(3)7-6-15(26)10-16(13)21/h6-7,10,13-14,17-19,25,27,29H,8-9,11-12H2,1-5H3/t13-,14+,17-,18-,19-,21-,22-,23+,24-/m0/s1. The van der Waals surface area contributed by atoms with E-state index in [2.05, 4.69) is 20.8 Å². The molecule has 0 aromatic rings. The van der Waals surface area contributed by atoms with Crippen LogP contribution in [0.4, 0.5) is 0 Å². The quantitative estimate of drug-likeness (QED) is 0.659. The van der Waals surface area contributed by atoms with Gasteiger partial charge < -0.3 is 15.3 Å². The second-order valence-corrected chi connectivity index (χ2v) is 10.8. The number of rotatable bonds is 2. The number of hydrogen-bond donors (Lipinski definition) is 3. The van der Waals surface area contributed by atoms with Crippen LogP contribution < -0.4 is 0 Å². The maximum Gasteiger partial charge on any atom is 0.190 e. The number of fused-ring (bicyclic) bond motifs is 5. The van der Waals surface area contributed by atoms with Gasteiger partial charge in [0, 0.05) is 16.2 Å². The molecule has 4 rings (SSSR count). The van der Waals surface area contributed by atoms with Gasteiger partial charge in [-0.1, -0.05) is 46.3 Å². The van der Waals surface area contributed by atoms with Crippen molar-refractivity contribution in [2.24, 2.45) is 39.9 Å². The van der Waals surface area contributed by atoms with E-state index in [1.54, 1.807) is 12.2 Å². The van der Waals surface area contributed by atoms with E-state index in [9.17, 15) is 24.9 Å². The van der Waals surface area contributed by atoms with Crippen LogP contribution in [0.5, 0.6) is 0 Å². The van der Waals surface area contributed by atoms with E-state index in [1.807, 2.05) is 19.9 Å². The number of Topliss-reactive ketones (excluding diaryl/α,β-unsaturated/α-hetero) is 1. The highest BCUT2D eigenvalue weighted by Gasteiger charge is 2.73. The summed E-state index contributed by atoms with van der Waals surface area (Å²) in [6, 6.07) is 0. The molecule has 0 aromatic carbocycles. The maximum absolute atomic E-state index is 12.7. The summed E-state index contributed by atoms with van der Waals surface area (Å²) in [4.78, 5) is 24.8. The molecule has 5 heteroatoms. The zero-order valence-electron chi connectivity index (χ0n) is 18.1. The third-order valence-electron chi connectivity index (χ3n) is 9.88. The Morgan fingerprint density at radius 3 is 2.45 bits per heavy atom. The molecular formula is C24H34O5. The molecule has 5 nitrogen and oxygen atoms in total. The first-order valence-corrected chi connectivity index (χ1v) is 10.9. The minimum Gasteiger partial charge on any atom is -0.392 e. The molecule has 0 heterocycles. The number of ketones is 2. The molecule has 160 valence electrons. The zero-order chi connectivity index (χ0) is 21.6. The first kappa shape index (κ1) is 21.0. The van der Waals surface area contributed by atoms with Crippen molar-refractivity contribution in [3.05, 3.63) is 23.8 Å². The molecule has 3 N–H and O–H groups in total. The van der Waals surface area contributed by atoms with Crippen molar-refractivity contribution in [2.75, 3.05) is 6.61 Å². The van der Waals surface area contributed by atoms with E-state index in [0.29, 0.717) is 12.8 Å². The van der Waals surface area contributed by atoms with Gasteiger partial charge in [-0.05, 0) is 55.1 Å². The molecule has 0 aliphatic heterocycles. The van der Waals surface area contributed by atoms with E-state index in [1.165, 1.54) is 0 Å². The molecule has 0 bridgehead atoms. The van der Waals surface area contributed by atoms with Crippen molar-refractivity contribution < 1.29 is 24.9 Å². The van der Waals surface area contributed by atoms with Crippen LogP contribution in [-0.4, -0.2) is 45.2 Å². The van der Waals surface area contributed by atoms with Gasteiger partial charge in [-0.3, -0.25) is 9.59 Å². The lowest BCUT2D eigenvalue weighted by Gasteiger charge is -2.66. The summed E-state index contributed by atoms with van der Waals surface area (Å²) in [5, 5.41) is 32.7. The highest BCUT2D eigenvalue weighted by Crippen LogP contribution is 2.73.